The molecule has 2 aliphatic rings. The molecule has 1 spiro atoms. The molecule has 0 aromatic heterocycles. The molecule has 1 atom stereocenters. The lowest BCUT2D eigenvalue weighted by Gasteiger charge is -2.42. The SMILES string of the molecule is Clc1ccc2c(c1)[C@]1(CCO2)COCCN1. The molecule has 3 rings (SSSR count). The third-order valence-corrected chi connectivity index (χ3v) is 3.54. The van der Waals surface area contributed by atoms with Crippen molar-refractivity contribution in [3.8, 4) is 5.75 Å². The van der Waals surface area contributed by atoms with E-state index in [-0.39, 0.29) is 5.54 Å². The van der Waals surface area contributed by atoms with Gasteiger partial charge in [-0.05, 0) is 18.2 Å². The van der Waals surface area contributed by atoms with E-state index in [1.807, 2.05) is 18.2 Å². The molecular weight excluding hydrogens is 226 g/mol. The van der Waals surface area contributed by atoms with E-state index in [1.54, 1.807) is 0 Å². The molecule has 1 N–H and O–H groups in total. The Morgan fingerprint density at radius 2 is 2.25 bits per heavy atom. The Kier molecular flexibility index (Phi) is 2.54. The van der Waals surface area contributed by atoms with Crippen molar-refractivity contribution < 1.29 is 9.47 Å². The van der Waals surface area contributed by atoms with Gasteiger partial charge in [-0.1, -0.05) is 11.6 Å². The van der Waals surface area contributed by atoms with E-state index in [0.29, 0.717) is 6.61 Å². The topological polar surface area (TPSA) is 30.5 Å². The predicted octanol–water partition coefficient (Wildman–Crippen LogP) is 1.94. The molecule has 16 heavy (non-hydrogen) atoms. The fourth-order valence-electron chi connectivity index (χ4n) is 2.47. The van der Waals surface area contributed by atoms with Gasteiger partial charge in [0, 0.05) is 23.6 Å². The first-order valence-corrected chi connectivity index (χ1v) is 5.94. The van der Waals surface area contributed by atoms with Crippen LogP contribution in [0.4, 0.5) is 0 Å². The average molecular weight is 240 g/mol. The Morgan fingerprint density at radius 1 is 1.31 bits per heavy atom. The van der Waals surface area contributed by atoms with Gasteiger partial charge in [0.1, 0.15) is 5.75 Å². The summed E-state index contributed by atoms with van der Waals surface area (Å²) in [5.74, 6) is 0.925. The molecular formula is C12H14ClNO2. The number of morpholine rings is 1. The van der Waals surface area contributed by atoms with Crippen LogP contribution in [0.5, 0.6) is 5.75 Å². The number of hydrogen-bond acceptors (Lipinski definition) is 3. The smallest absolute Gasteiger partial charge is 0.124 e. The lowest BCUT2D eigenvalue weighted by atomic mass is 9.84. The van der Waals surface area contributed by atoms with Crippen molar-refractivity contribution in [3.63, 3.8) is 0 Å². The fourth-order valence-corrected chi connectivity index (χ4v) is 2.64. The second-order valence-corrected chi connectivity index (χ2v) is 4.74. The van der Waals surface area contributed by atoms with Gasteiger partial charge in [-0.25, -0.2) is 0 Å². The largest absolute Gasteiger partial charge is 0.493 e. The maximum atomic E-state index is 6.05. The standard InChI is InChI=1S/C12H14ClNO2/c13-9-1-2-11-10(7-9)12(3-5-16-11)8-15-6-4-14-12/h1-2,7,14H,3-6,8H2/t12-/m0/s1. The van der Waals surface area contributed by atoms with Crippen LogP contribution in [0, 0.1) is 0 Å². The molecule has 1 saturated heterocycles. The van der Waals surface area contributed by atoms with Gasteiger partial charge in [-0.3, -0.25) is 0 Å². The number of ether oxygens (including phenoxy) is 2. The van der Waals surface area contributed by atoms with E-state index in [9.17, 15) is 0 Å². The number of fused-ring (bicyclic) bond motifs is 2. The van der Waals surface area contributed by atoms with Crippen molar-refractivity contribution in [3.05, 3.63) is 28.8 Å². The molecule has 0 radical (unpaired) electrons. The molecule has 3 nitrogen and oxygen atoms in total. The van der Waals surface area contributed by atoms with E-state index >= 15 is 0 Å². The first kappa shape index (κ1) is 10.4. The van der Waals surface area contributed by atoms with Crippen LogP contribution in [0.2, 0.25) is 5.02 Å². The van der Waals surface area contributed by atoms with Crippen LogP contribution in [0.1, 0.15) is 12.0 Å². The van der Waals surface area contributed by atoms with Crippen LogP contribution < -0.4 is 10.1 Å². The molecule has 0 aliphatic carbocycles. The summed E-state index contributed by atoms with van der Waals surface area (Å²) in [6.45, 7) is 3.08. The third-order valence-electron chi connectivity index (χ3n) is 3.30. The van der Waals surface area contributed by atoms with E-state index in [4.69, 9.17) is 21.1 Å². The highest BCUT2D eigenvalue weighted by atomic mass is 35.5. The fraction of sp³-hybridized carbons (Fsp3) is 0.500. The molecule has 0 unspecified atom stereocenters. The summed E-state index contributed by atoms with van der Waals surface area (Å²) in [5, 5.41) is 4.30. The quantitative estimate of drug-likeness (QED) is 0.751. The zero-order valence-corrected chi connectivity index (χ0v) is 9.72. The predicted molar refractivity (Wildman–Crippen MR) is 62.1 cm³/mol. The number of nitrogens with one attached hydrogen (secondary N) is 1. The van der Waals surface area contributed by atoms with E-state index in [0.717, 1.165) is 42.5 Å². The highest BCUT2D eigenvalue weighted by Crippen LogP contribution is 2.39. The summed E-state index contributed by atoms with van der Waals surface area (Å²) < 4.78 is 11.3. The lowest BCUT2D eigenvalue weighted by molar-refractivity contribution is 0.00565. The Balaban J connectivity index is 2.06. The Bertz CT molecular complexity index is 402. The summed E-state index contributed by atoms with van der Waals surface area (Å²) in [6, 6.07) is 5.79. The summed E-state index contributed by atoms with van der Waals surface area (Å²) in [6.07, 6.45) is 0.931. The molecule has 0 amide bonds. The normalized spacial score (nSPS) is 28.6. The van der Waals surface area contributed by atoms with E-state index in [2.05, 4.69) is 5.32 Å². The van der Waals surface area contributed by atoms with Gasteiger partial charge in [-0.2, -0.15) is 0 Å². The molecule has 1 aromatic rings. The van der Waals surface area contributed by atoms with Gasteiger partial charge in [0.05, 0.1) is 25.4 Å². The van der Waals surface area contributed by atoms with Crippen LogP contribution in [0.15, 0.2) is 18.2 Å². The Morgan fingerprint density at radius 3 is 3.06 bits per heavy atom. The van der Waals surface area contributed by atoms with Crippen LogP contribution in [-0.2, 0) is 10.3 Å². The number of hydrogen-bond donors (Lipinski definition) is 1. The van der Waals surface area contributed by atoms with Crippen LogP contribution in [0.3, 0.4) is 0 Å². The number of benzene rings is 1. The van der Waals surface area contributed by atoms with Gasteiger partial charge in [-0.15, -0.1) is 0 Å². The average Bonchev–Trinajstić information content (AvgIpc) is 2.32. The second-order valence-electron chi connectivity index (χ2n) is 4.30. The molecule has 0 saturated carbocycles. The highest BCUT2D eigenvalue weighted by molar-refractivity contribution is 6.30. The van der Waals surface area contributed by atoms with Gasteiger partial charge in [0.25, 0.3) is 0 Å². The highest BCUT2D eigenvalue weighted by Gasteiger charge is 2.39. The Hall–Kier alpha value is -0.770. The third kappa shape index (κ3) is 1.59. The van der Waals surface area contributed by atoms with Gasteiger partial charge >= 0.3 is 0 Å². The molecule has 2 aliphatic heterocycles. The van der Waals surface area contributed by atoms with Gasteiger partial charge < -0.3 is 14.8 Å². The minimum atomic E-state index is -0.100. The molecule has 86 valence electrons. The monoisotopic (exact) mass is 239 g/mol. The van der Waals surface area contributed by atoms with Crippen LogP contribution >= 0.6 is 11.6 Å². The second kappa shape index (κ2) is 3.91. The summed E-state index contributed by atoms with van der Waals surface area (Å²) in [5.41, 5.74) is 1.03. The first-order valence-electron chi connectivity index (χ1n) is 5.56. The summed E-state index contributed by atoms with van der Waals surface area (Å²) in [4.78, 5) is 0. The first-order chi connectivity index (χ1) is 7.80. The van der Waals surface area contributed by atoms with E-state index in [1.165, 1.54) is 0 Å². The maximum Gasteiger partial charge on any atom is 0.124 e. The van der Waals surface area contributed by atoms with Gasteiger partial charge in [0.15, 0.2) is 0 Å². The zero-order chi connectivity index (χ0) is 11.0. The van der Waals surface area contributed by atoms with E-state index < -0.39 is 0 Å². The van der Waals surface area contributed by atoms with Crippen LogP contribution in [0.25, 0.3) is 0 Å². The zero-order valence-electron chi connectivity index (χ0n) is 8.96. The van der Waals surface area contributed by atoms with Crippen molar-refractivity contribution in [2.45, 2.75) is 12.0 Å². The molecule has 1 fully saturated rings. The number of rotatable bonds is 0. The molecule has 0 bridgehead atoms. The molecule has 4 heteroatoms. The maximum absolute atomic E-state index is 6.05. The van der Waals surface area contributed by atoms with Crippen molar-refractivity contribution in [2.24, 2.45) is 0 Å². The summed E-state index contributed by atoms with van der Waals surface area (Å²) in [7, 11) is 0. The van der Waals surface area contributed by atoms with Crippen molar-refractivity contribution in [2.75, 3.05) is 26.4 Å². The van der Waals surface area contributed by atoms with Crippen LogP contribution in [-0.4, -0.2) is 26.4 Å². The minimum absolute atomic E-state index is 0.100. The number of halogens is 1. The van der Waals surface area contributed by atoms with Crippen molar-refractivity contribution in [1.82, 2.24) is 5.32 Å². The van der Waals surface area contributed by atoms with Gasteiger partial charge in [0.2, 0.25) is 0 Å². The minimum Gasteiger partial charge on any atom is -0.493 e. The Labute approximate surface area is 99.7 Å². The molecule has 1 aromatic carbocycles. The molecule has 2 heterocycles. The van der Waals surface area contributed by atoms with Crippen molar-refractivity contribution in [1.29, 1.82) is 0 Å². The summed E-state index contributed by atoms with van der Waals surface area (Å²) >= 11 is 6.05. The van der Waals surface area contributed by atoms with Crippen molar-refractivity contribution >= 4 is 11.6 Å². The lowest BCUT2D eigenvalue weighted by Crippen LogP contribution is -2.54.